The third kappa shape index (κ3) is 11.5. The van der Waals surface area contributed by atoms with Crippen LogP contribution in [0.5, 0.6) is 0 Å². The zero-order valence-electron chi connectivity index (χ0n) is 7.84. The molecule has 0 aliphatic carbocycles. The van der Waals surface area contributed by atoms with Crippen molar-refractivity contribution in [2.45, 2.75) is 6.82 Å². The maximum absolute atomic E-state index is 10.2. The molecule has 0 aliphatic rings. The number of hydrogen-bond acceptors (Lipinski definition) is 4. The molecule has 1 amide bonds. The van der Waals surface area contributed by atoms with Gasteiger partial charge in [0, 0.05) is 19.6 Å². The summed E-state index contributed by atoms with van der Waals surface area (Å²) in [5, 5.41) is 17.1. The molecule has 0 aromatic heterocycles. The number of rotatable bonds is 7. The summed E-state index contributed by atoms with van der Waals surface area (Å²) in [4.78, 5) is 10.2. The Hall–Kier alpha value is -0.520. The van der Waals surface area contributed by atoms with Gasteiger partial charge in [0.1, 0.15) is 0 Å². The Morgan fingerprint density at radius 1 is 1.38 bits per heavy atom. The Kier molecular flexibility index (Phi) is 7.77. The Balaban J connectivity index is 2.96. The van der Waals surface area contributed by atoms with Crippen LogP contribution in [0.2, 0.25) is 6.82 Å². The molecule has 13 heavy (non-hydrogen) atoms. The summed E-state index contributed by atoms with van der Waals surface area (Å²) in [5.41, 5.74) is 0. The predicted octanol–water partition coefficient (Wildman–Crippen LogP) is -1.85. The monoisotopic (exact) mass is 183 g/mol. The van der Waals surface area contributed by atoms with Gasteiger partial charge in [-0.2, -0.15) is 0 Å². The van der Waals surface area contributed by atoms with Gasteiger partial charge in [-0.15, -0.1) is 0 Å². The third-order valence-electron chi connectivity index (χ3n) is 1.34. The van der Waals surface area contributed by atoms with E-state index in [0.717, 1.165) is 6.54 Å². The first-order valence-corrected chi connectivity index (χ1v) is 4.28. The van der Waals surface area contributed by atoms with Crippen LogP contribution in [0, 0.1) is 0 Å². The Labute approximate surface area is 80.2 Å². The number of carbonyl (C=O) groups is 1. The molecule has 7 heteroatoms. The molecule has 0 saturated heterocycles. The highest BCUT2D eigenvalue weighted by Gasteiger charge is 1.98. The number of hydrogen-bond donors (Lipinski definition) is 4. The van der Waals surface area contributed by atoms with Crippen LogP contribution in [0.1, 0.15) is 0 Å². The lowest BCUT2D eigenvalue weighted by Gasteiger charge is -2.06. The van der Waals surface area contributed by atoms with Crippen molar-refractivity contribution in [1.29, 1.82) is 0 Å². The Morgan fingerprint density at radius 3 is 2.54 bits per heavy atom. The smallest absolute Gasteiger partial charge is 0.373 e. The molecule has 0 atom stereocenters. The van der Waals surface area contributed by atoms with Crippen LogP contribution < -0.4 is 15.9 Å². The largest absolute Gasteiger partial charge is 0.437 e. The van der Waals surface area contributed by atoms with E-state index in [1.807, 2.05) is 0 Å². The summed E-state index contributed by atoms with van der Waals surface area (Å²) >= 11 is 0. The van der Waals surface area contributed by atoms with Crippen molar-refractivity contribution < 1.29 is 9.82 Å². The molecule has 2 radical (unpaired) electrons. The fourth-order valence-electron chi connectivity index (χ4n) is 0.769. The molecule has 0 bridgehead atoms. The maximum Gasteiger partial charge on any atom is 0.373 e. The highest BCUT2D eigenvalue weighted by molar-refractivity contribution is 6.57. The van der Waals surface area contributed by atoms with Crippen molar-refractivity contribution in [2.24, 2.45) is 0 Å². The first-order valence-electron chi connectivity index (χ1n) is 4.28. The van der Waals surface area contributed by atoms with Gasteiger partial charge in [-0.3, -0.25) is 4.79 Å². The van der Waals surface area contributed by atoms with E-state index in [0.29, 0.717) is 19.6 Å². The highest BCUT2D eigenvalue weighted by Crippen LogP contribution is 1.65. The first-order chi connectivity index (χ1) is 6.13. The minimum Gasteiger partial charge on any atom is -0.437 e. The fraction of sp³-hybridized carbons (Fsp3) is 0.833. The van der Waals surface area contributed by atoms with Gasteiger partial charge in [-0.25, -0.2) is 0 Å². The van der Waals surface area contributed by atoms with Crippen LogP contribution in [-0.4, -0.2) is 51.9 Å². The molecule has 0 fully saturated rings. The second-order valence-electron chi connectivity index (χ2n) is 2.67. The van der Waals surface area contributed by atoms with Crippen molar-refractivity contribution in [2.75, 3.05) is 26.2 Å². The molecule has 5 nitrogen and oxygen atoms in total. The second kappa shape index (κ2) is 8.10. The summed E-state index contributed by atoms with van der Waals surface area (Å²) in [7, 11) is 4.37. The van der Waals surface area contributed by atoms with Gasteiger partial charge in [0.15, 0.2) is 13.7 Å². The lowest BCUT2D eigenvalue weighted by molar-refractivity contribution is 0.259. The fourth-order valence-corrected chi connectivity index (χ4v) is 0.769. The molecule has 0 unspecified atom stereocenters. The molecule has 0 heterocycles. The van der Waals surface area contributed by atoms with Crippen LogP contribution in [-0.2, 0) is 0 Å². The molecular formula is C6H15B2N3O2. The van der Waals surface area contributed by atoms with E-state index in [1.54, 1.807) is 6.82 Å². The van der Waals surface area contributed by atoms with Crippen molar-refractivity contribution in [3.05, 3.63) is 0 Å². The molecular weight excluding hydrogens is 168 g/mol. The zero-order chi connectivity index (χ0) is 10.1. The molecule has 0 aliphatic heterocycles. The minimum atomic E-state index is -0.510. The average Bonchev–Trinajstić information content (AvgIpc) is 2.01. The topological polar surface area (TPSA) is 73.4 Å². The van der Waals surface area contributed by atoms with E-state index in [2.05, 4.69) is 15.9 Å². The lowest BCUT2D eigenvalue weighted by Crippen LogP contribution is -2.38. The molecule has 0 saturated carbocycles. The second-order valence-corrected chi connectivity index (χ2v) is 2.67. The molecule has 0 aromatic carbocycles. The van der Waals surface area contributed by atoms with Gasteiger partial charge >= 0.3 is 7.05 Å². The van der Waals surface area contributed by atoms with Crippen molar-refractivity contribution in [3.63, 3.8) is 0 Å². The summed E-state index contributed by atoms with van der Waals surface area (Å²) in [6, 6.07) is 0. The van der Waals surface area contributed by atoms with Crippen molar-refractivity contribution in [1.82, 2.24) is 15.9 Å². The summed E-state index contributed by atoms with van der Waals surface area (Å²) < 4.78 is 0. The van der Waals surface area contributed by atoms with Gasteiger partial charge in [-0.1, -0.05) is 0 Å². The predicted molar refractivity (Wildman–Crippen MR) is 53.9 cm³/mol. The Morgan fingerprint density at radius 2 is 2.00 bits per heavy atom. The standard InChI is InChI=1S/C6H15B2N3O2/c1-8(13)11-5-3-9-2-4-10-6(7)12/h9,11,13H,2-5H2,1H3,(H,10,12). The highest BCUT2D eigenvalue weighted by atomic mass is 16.2. The van der Waals surface area contributed by atoms with Gasteiger partial charge in [-0.05, 0) is 13.4 Å². The molecule has 0 spiro atoms. The van der Waals surface area contributed by atoms with Crippen molar-refractivity contribution in [3.8, 4) is 0 Å². The SMILES string of the molecule is [B]C(=O)NCCNCCNB(C)O. The van der Waals surface area contributed by atoms with Gasteiger partial charge in [0.25, 0.3) is 0 Å². The number of amides is 1. The van der Waals surface area contributed by atoms with E-state index < -0.39 is 12.9 Å². The van der Waals surface area contributed by atoms with Gasteiger partial charge in [0.2, 0.25) is 0 Å². The van der Waals surface area contributed by atoms with Crippen LogP contribution in [0.3, 0.4) is 0 Å². The molecule has 0 rings (SSSR count). The first kappa shape index (κ1) is 12.5. The Bertz CT molecular complexity index is 146. The molecule has 0 aromatic rings. The van der Waals surface area contributed by atoms with Crippen LogP contribution in [0.25, 0.3) is 0 Å². The summed E-state index contributed by atoms with van der Waals surface area (Å²) in [6.45, 7) is 4.28. The summed E-state index contributed by atoms with van der Waals surface area (Å²) in [5.74, 6) is -0.510. The maximum atomic E-state index is 10.2. The van der Waals surface area contributed by atoms with E-state index in [9.17, 15) is 4.79 Å². The normalized spacial score (nSPS) is 9.69. The van der Waals surface area contributed by atoms with Crippen LogP contribution >= 0.6 is 0 Å². The number of nitrogens with one attached hydrogen (secondary N) is 3. The van der Waals surface area contributed by atoms with Gasteiger partial charge < -0.3 is 20.9 Å². The summed E-state index contributed by atoms with van der Waals surface area (Å²) in [6.07, 6.45) is 0. The van der Waals surface area contributed by atoms with E-state index in [-0.39, 0.29) is 0 Å². The van der Waals surface area contributed by atoms with Crippen LogP contribution in [0.15, 0.2) is 0 Å². The van der Waals surface area contributed by atoms with E-state index in [1.165, 1.54) is 0 Å². The van der Waals surface area contributed by atoms with Crippen molar-refractivity contribution >= 4 is 20.7 Å². The lowest BCUT2D eigenvalue weighted by atomic mass is 9.89. The zero-order valence-corrected chi connectivity index (χ0v) is 7.84. The minimum absolute atomic E-state index is 0.481. The number of carbonyl (C=O) groups excluding carboxylic acids is 1. The molecule has 72 valence electrons. The molecule has 4 N–H and O–H groups in total. The quantitative estimate of drug-likeness (QED) is 0.276. The van der Waals surface area contributed by atoms with Crippen LogP contribution in [0.4, 0.5) is 4.79 Å². The van der Waals surface area contributed by atoms with E-state index in [4.69, 9.17) is 12.9 Å². The average molecular weight is 183 g/mol. The third-order valence-corrected chi connectivity index (χ3v) is 1.34. The van der Waals surface area contributed by atoms with Gasteiger partial charge in [0.05, 0.1) is 0 Å². The van der Waals surface area contributed by atoms with E-state index >= 15 is 0 Å².